The summed E-state index contributed by atoms with van der Waals surface area (Å²) in [5.41, 5.74) is 0.427. The number of rotatable bonds is 5. The predicted octanol–water partition coefficient (Wildman–Crippen LogP) is 2.30. The first-order valence-corrected chi connectivity index (χ1v) is 6.11. The molecule has 0 spiro atoms. The molecular formula is C12H26N2. The minimum absolute atomic E-state index is 0.427. The van der Waals surface area contributed by atoms with E-state index in [1.54, 1.807) is 0 Å². The van der Waals surface area contributed by atoms with Crippen molar-refractivity contribution in [3.8, 4) is 0 Å². The van der Waals surface area contributed by atoms with Crippen molar-refractivity contribution in [2.24, 2.45) is 0 Å². The molecule has 1 rings (SSSR count). The molecule has 0 aromatic carbocycles. The van der Waals surface area contributed by atoms with Crippen LogP contribution in [0.3, 0.4) is 0 Å². The maximum Gasteiger partial charge on any atom is 0.0153 e. The lowest BCUT2D eigenvalue weighted by atomic mass is 9.83. The molecule has 0 unspecified atom stereocenters. The molecule has 0 heterocycles. The van der Waals surface area contributed by atoms with Crippen molar-refractivity contribution in [2.75, 3.05) is 13.1 Å². The average Bonchev–Trinajstić information content (AvgIpc) is 2.14. The maximum atomic E-state index is 3.69. The van der Waals surface area contributed by atoms with Crippen LogP contribution in [0.15, 0.2) is 0 Å². The highest BCUT2D eigenvalue weighted by Gasteiger charge is 2.25. The van der Waals surface area contributed by atoms with Gasteiger partial charge in [-0.25, -0.2) is 0 Å². The van der Waals surface area contributed by atoms with Gasteiger partial charge in [0.2, 0.25) is 0 Å². The van der Waals surface area contributed by atoms with Crippen LogP contribution in [0.25, 0.3) is 0 Å². The van der Waals surface area contributed by atoms with Crippen LogP contribution in [0.4, 0.5) is 0 Å². The summed E-state index contributed by atoms with van der Waals surface area (Å²) in [4.78, 5) is 0. The quantitative estimate of drug-likeness (QED) is 0.662. The smallest absolute Gasteiger partial charge is 0.0153 e. The molecule has 0 radical (unpaired) electrons. The summed E-state index contributed by atoms with van der Waals surface area (Å²) >= 11 is 0. The van der Waals surface area contributed by atoms with E-state index in [1.165, 1.54) is 32.1 Å². The standard InChI is InChI=1S/C12H26N2/c1-11(2)13-9-10-14-12(3)7-5-4-6-8-12/h11,13-14H,4-10H2,1-3H3. The van der Waals surface area contributed by atoms with Gasteiger partial charge in [-0.1, -0.05) is 33.1 Å². The fraction of sp³-hybridized carbons (Fsp3) is 1.00. The Labute approximate surface area is 88.8 Å². The summed E-state index contributed by atoms with van der Waals surface area (Å²) in [5.74, 6) is 0. The van der Waals surface area contributed by atoms with Crippen LogP contribution in [-0.4, -0.2) is 24.7 Å². The molecule has 0 saturated heterocycles. The van der Waals surface area contributed by atoms with Gasteiger partial charge in [0.15, 0.2) is 0 Å². The van der Waals surface area contributed by atoms with Crippen molar-refractivity contribution in [2.45, 2.75) is 64.5 Å². The Kier molecular flexibility index (Phi) is 4.90. The second kappa shape index (κ2) is 5.72. The van der Waals surface area contributed by atoms with Crippen LogP contribution < -0.4 is 10.6 Å². The zero-order chi connectivity index (χ0) is 10.4. The van der Waals surface area contributed by atoms with Crippen molar-refractivity contribution in [1.29, 1.82) is 0 Å². The largest absolute Gasteiger partial charge is 0.313 e. The van der Waals surface area contributed by atoms with Gasteiger partial charge in [0.1, 0.15) is 0 Å². The number of nitrogens with one attached hydrogen (secondary N) is 2. The monoisotopic (exact) mass is 198 g/mol. The molecule has 0 bridgehead atoms. The Bertz CT molecular complexity index is 148. The Hall–Kier alpha value is -0.0800. The number of hydrogen-bond acceptors (Lipinski definition) is 2. The normalized spacial score (nSPS) is 21.4. The molecule has 2 N–H and O–H groups in total. The first-order valence-electron chi connectivity index (χ1n) is 6.11. The van der Waals surface area contributed by atoms with Gasteiger partial charge in [-0.15, -0.1) is 0 Å². The van der Waals surface area contributed by atoms with E-state index in [4.69, 9.17) is 0 Å². The lowest BCUT2D eigenvalue weighted by Gasteiger charge is -2.35. The molecule has 0 amide bonds. The van der Waals surface area contributed by atoms with Crippen LogP contribution in [0, 0.1) is 0 Å². The molecule has 0 aromatic rings. The van der Waals surface area contributed by atoms with Crippen molar-refractivity contribution >= 4 is 0 Å². The second-order valence-corrected chi connectivity index (χ2v) is 5.16. The van der Waals surface area contributed by atoms with Crippen LogP contribution in [0.2, 0.25) is 0 Å². The van der Waals surface area contributed by atoms with E-state index in [0.29, 0.717) is 11.6 Å². The van der Waals surface area contributed by atoms with Crippen molar-refractivity contribution in [1.82, 2.24) is 10.6 Å². The van der Waals surface area contributed by atoms with Crippen LogP contribution in [-0.2, 0) is 0 Å². The Balaban J connectivity index is 2.09. The first kappa shape index (κ1) is 12.0. The van der Waals surface area contributed by atoms with Crippen molar-refractivity contribution in [3.05, 3.63) is 0 Å². The summed E-state index contributed by atoms with van der Waals surface area (Å²) in [6.45, 7) is 8.97. The molecule has 0 aliphatic heterocycles. The molecule has 2 heteroatoms. The van der Waals surface area contributed by atoms with E-state index in [-0.39, 0.29) is 0 Å². The summed E-state index contributed by atoms with van der Waals surface area (Å²) in [5, 5.41) is 7.13. The Morgan fingerprint density at radius 2 is 1.71 bits per heavy atom. The van der Waals surface area contributed by atoms with Gasteiger partial charge in [0.05, 0.1) is 0 Å². The third-order valence-electron chi connectivity index (χ3n) is 3.19. The highest BCUT2D eigenvalue weighted by atomic mass is 15.0. The number of hydrogen-bond donors (Lipinski definition) is 2. The van der Waals surface area contributed by atoms with Crippen LogP contribution >= 0.6 is 0 Å². The summed E-state index contributed by atoms with van der Waals surface area (Å²) in [7, 11) is 0. The van der Waals surface area contributed by atoms with E-state index >= 15 is 0 Å². The molecule has 2 nitrogen and oxygen atoms in total. The van der Waals surface area contributed by atoms with E-state index in [1.807, 2.05) is 0 Å². The lowest BCUT2D eigenvalue weighted by Crippen LogP contribution is -2.46. The molecule has 0 atom stereocenters. The second-order valence-electron chi connectivity index (χ2n) is 5.16. The molecule has 1 fully saturated rings. The molecule has 84 valence electrons. The summed E-state index contributed by atoms with van der Waals surface area (Å²) in [6.07, 6.45) is 6.95. The van der Waals surface area contributed by atoms with E-state index < -0.39 is 0 Å². The fourth-order valence-electron chi connectivity index (χ4n) is 2.23. The predicted molar refractivity (Wildman–Crippen MR) is 62.6 cm³/mol. The molecule has 1 saturated carbocycles. The third kappa shape index (κ3) is 4.43. The van der Waals surface area contributed by atoms with E-state index in [2.05, 4.69) is 31.4 Å². The first-order chi connectivity index (χ1) is 6.62. The zero-order valence-corrected chi connectivity index (χ0v) is 10.0. The summed E-state index contributed by atoms with van der Waals surface area (Å²) in [6, 6.07) is 0.607. The zero-order valence-electron chi connectivity index (χ0n) is 10.0. The van der Waals surface area contributed by atoms with Crippen LogP contribution in [0.1, 0.15) is 52.9 Å². The van der Waals surface area contributed by atoms with Gasteiger partial charge in [0, 0.05) is 24.7 Å². The minimum atomic E-state index is 0.427. The highest BCUT2D eigenvalue weighted by Crippen LogP contribution is 2.27. The van der Waals surface area contributed by atoms with Crippen molar-refractivity contribution in [3.63, 3.8) is 0 Å². The maximum absolute atomic E-state index is 3.69. The average molecular weight is 198 g/mol. The molecule has 0 aromatic heterocycles. The molecule has 14 heavy (non-hydrogen) atoms. The highest BCUT2D eigenvalue weighted by molar-refractivity contribution is 4.86. The van der Waals surface area contributed by atoms with Gasteiger partial charge < -0.3 is 10.6 Å². The topological polar surface area (TPSA) is 24.1 Å². The third-order valence-corrected chi connectivity index (χ3v) is 3.19. The molecule has 1 aliphatic rings. The molecular weight excluding hydrogens is 172 g/mol. The van der Waals surface area contributed by atoms with Gasteiger partial charge in [-0.2, -0.15) is 0 Å². The van der Waals surface area contributed by atoms with Crippen LogP contribution in [0.5, 0.6) is 0 Å². The fourth-order valence-corrected chi connectivity index (χ4v) is 2.23. The minimum Gasteiger partial charge on any atom is -0.313 e. The van der Waals surface area contributed by atoms with Gasteiger partial charge >= 0.3 is 0 Å². The van der Waals surface area contributed by atoms with E-state index in [9.17, 15) is 0 Å². The van der Waals surface area contributed by atoms with E-state index in [0.717, 1.165) is 13.1 Å². The van der Waals surface area contributed by atoms with Gasteiger partial charge in [-0.3, -0.25) is 0 Å². The molecule has 1 aliphatic carbocycles. The van der Waals surface area contributed by atoms with Gasteiger partial charge in [0.25, 0.3) is 0 Å². The Morgan fingerprint density at radius 3 is 2.29 bits per heavy atom. The lowest BCUT2D eigenvalue weighted by molar-refractivity contribution is 0.254. The van der Waals surface area contributed by atoms with Crippen molar-refractivity contribution < 1.29 is 0 Å². The Morgan fingerprint density at radius 1 is 1.07 bits per heavy atom. The SMILES string of the molecule is CC(C)NCCNC1(C)CCCCC1. The summed E-state index contributed by atoms with van der Waals surface area (Å²) < 4.78 is 0. The van der Waals surface area contributed by atoms with Gasteiger partial charge in [-0.05, 0) is 19.8 Å².